The van der Waals surface area contributed by atoms with E-state index < -0.39 is 11.7 Å². The normalized spacial score (nSPS) is 22.5. The molecule has 0 bridgehead atoms. The highest BCUT2D eigenvalue weighted by atomic mass is 35.5. The van der Waals surface area contributed by atoms with Gasteiger partial charge >= 0.3 is 0 Å². The second-order valence-corrected chi connectivity index (χ2v) is 10.2. The van der Waals surface area contributed by atoms with Gasteiger partial charge in [0, 0.05) is 70.3 Å². The van der Waals surface area contributed by atoms with Gasteiger partial charge in [-0.3, -0.25) is 10.2 Å². The van der Waals surface area contributed by atoms with Crippen molar-refractivity contribution in [2.24, 2.45) is 5.92 Å². The fraction of sp³-hybridized carbons (Fsp3) is 0.615. The quantitative estimate of drug-likeness (QED) is 0.391. The average Bonchev–Trinajstić information content (AvgIpc) is 3.26. The van der Waals surface area contributed by atoms with Crippen molar-refractivity contribution in [1.29, 1.82) is 5.41 Å². The van der Waals surface area contributed by atoms with Crippen LogP contribution in [0, 0.1) is 17.1 Å². The third-order valence-electron chi connectivity index (χ3n) is 7.59. The van der Waals surface area contributed by atoms with E-state index in [2.05, 4.69) is 22.5 Å². The van der Waals surface area contributed by atoms with E-state index in [1.54, 1.807) is 6.07 Å². The molecule has 1 aromatic rings. The van der Waals surface area contributed by atoms with E-state index >= 15 is 0 Å². The van der Waals surface area contributed by atoms with Crippen molar-refractivity contribution in [1.82, 2.24) is 20.4 Å². The van der Waals surface area contributed by atoms with E-state index in [1.807, 2.05) is 11.9 Å². The number of hydrogen-bond donors (Lipinski definition) is 3. The summed E-state index contributed by atoms with van der Waals surface area (Å²) in [6.45, 7) is 6.36. The first kappa shape index (κ1) is 25.9. The van der Waals surface area contributed by atoms with Gasteiger partial charge in [0.1, 0.15) is 11.7 Å². The van der Waals surface area contributed by atoms with Crippen LogP contribution in [-0.4, -0.2) is 80.6 Å². The molecule has 1 aliphatic carbocycles. The molecule has 3 N–H and O–H groups in total. The third-order valence-corrected chi connectivity index (χ3v) is 7.89. The highest BCUT2D eigenvalue weighted by molar-refractivity contribution is 6.30. The van der Waals surface area contributed by atoms with Crippen LogP contribution in [0.1, 0.15) is 44.1 Å². The van der Waals surface area contributed by atoms with Crippen LogP contribution in [0.5, 0.6) is 0 Å². The molecule has 0 saturated carbocycles. The Morgan fingerprint density at radius 3 is 2.54 bits per heavy atom. The van der Waals surface area contributed by atoms with E-state index in [0.717, 1.165) is 37.0 Å². The molecule has 192 valence electrons. The summed E-state index contributed by atoms with van der Waals surface area (Å²) in [5, 5.41) is 15.6. The molecule has 2 heterocycles. The van der Waals surface area contributed by atoms with Gasteiger partial charge in [-0.25, -0.2) is 4.39 Å². The largest absolute Gasteiger partial charge is 0.391 e. The standard InChI is InChI=1S/C26H37ClFN5O2/c1-17-3-6-23(30-2)24(17)25(29)32-9-11-33(12-10-32)26(34)20(16-31-19-7-13-35-14-8-19)18-4-5-21(27)22(28)15-18/h4-5,15,17,19-20,29-31H,3,6-14,16H2,1-2H3/t17-,20-/m1/s1. The molecular formula is C26H37ClFN5O2. The summed E-state index contributed by atoms with van der Waals surface area (Å²) in [5.74, 6) is -0.0782. The maximum atomic E-state index is 14.3. The number of piperazine rings is 1. The number of carbonyl (C=O) groups is 1. The number of allylic oxidation sites excluding steroid dienone is 1. The number of amides is 1. The predicted octanol–water partition coefficient (Wildman–Crippen LogP) is 3.36. The molecule has 0 unspecified atom stereocenters. The summed E-state index contributed by atoms with van der Waals surface area (Å²) in [5.41, 5.74) is 2.89. The molecule has 2 saturated heterocycles. The van der Waals surface area contributed by atoms with Gasteiger partial charge in [0.15, 0.2) is 0 Å². The first-order valence-corrected chi connectivity index (χ1v) is 13.1. The molecular weight excluding hydrogens is 469 g/mol. The molecule has 3 aliphatic rings. The minimum Gasteiger partial charge on any atom is -0.391 e. The maximum absolute atomic E-state index is 14.3. The van der Waals surface area contributed by atoms with Crippen LogP contribution in [-0.2, 0) is 9.53 Å². The number of rotatable bonds is 7. The van der Waals surface area contributed by atoms with Crippen molar-refractivity contribution < 1.29 is 13.9 Å². The second kappa shape index (κ2) is 11.7. The number of benzene rings is 1. The van der Waals surface area contributed by atoms with Gasteiger partial charge in [-0.2, -0.15) is 0 Å². The summed E-state index contributed by atoms with van der Waals surface area (Å²) in [6, 6.07) is 4.95. The molecule has 0 aromatic heterocycles. The number of amidine groups is 1. The van der Waals surface area contributed by atoms with Crippen LogP contribution in [0.4, 0.5) is 4.39 Å². The lowest BCUT2D eigenvalue weighted by atomic mass is 9.95. The van der Waals surface area contributed by atoms with Crippen molar-refractivity contribution >= 4 is 23.3 Å². The van der Waals surface area contributed by atoms with Crippen LogP contribution in [0.3, 0.4) is 0 Å². The molecule has 1 aromatic carbocycles. The first-order valence-electron chi connectivity index (χ1n) is 12.7. The molecule has 35 heavy (non-hydrogen) atoms. The molecule has 7 nitrogen and oxygen atoms in total. The highest BCUT2D eigenvalue weighted by Gasteiger charge is 2.33. The topological polar surface area (TPSA) is 80.7 Å². The van der Waals surface area contributed by atoms with E-state index in [1.165, 1.54) is 12.1 Å². The summed E-state index contributed by atoms with van der Waals surface area (Å²) in [7, 11) is 1.92. The highest BCUT2D eigenvalue weighted by Crippen LogP contribution is 2.32. The predicted molar refractivity (Wildman–Crippen MR) is 136 cm³/mol. The molecule has 0 radical (unpaired) electrons. The second-order valence-electron chi connectivity index (χ2n) is 9.76. The van der Waals surface area contributed by atoms with Crippen LogP contribution in [0.25, 0.3) is 0 Å². The fourth-order valence-electron chi connectivity index (χ4n) is 5.38. The zero-order chi connectivity index (χ0) is 24.9. The summed E-state index contributed by atoms with van der Waals surface area (Å²) in [4.78, 5) is 17.6. The molecule has 1 amide bonds. The Bertz CT molecular complexity index is 957. The molecule has 2 atom stereocenters. The van der Waals surface area contributed by atoms with Crippen molar-refractivity contribution in [3.05, 3.63) is 45.9 Å². The van der Waals surface area contributed by atoms with Crippen molar-refractivity contribution in [3.63, 3.8) is 0 Å². The van der Waals surface area contributed by atoms with Crippen LogP contribution in [0.2, 0.25) is 5.02 Å². The van der Waals surface area contributed by atoms with E-state index in [4.69, 9.17) is 21.7 Å². The smallest absolute Gasteiger partial charge is 0.231 e. The van der Waals surface area contributed by atoms with Gasteiger partial charge in [-0.1, -0.05) is 24.6 Å². The summed E-state index contributed by atoms with van der Waals surface area (Å²) >= 11 is 5.91. The number of hydrogen-bond acceptors (Lipinski definition) is 5. The molecule has 0 spiro atoms. The Hall–Kier alpha value is -2.16. The number of nitrogens with one attached hydrogen (secondary N) is 3. The van der Waals surface area contributed by atoms with Crippen LogP contribution >= 0.6 is 11.6 Å². The van der Waals surface area contributed by atoms with Gasteiger partial charge in [0.25, 0.3) is 0 Å². The van der Waals surface area contributed by atoms with E-state index in [0.29, 0.717) is 63.3 Å². The molecule has 4 rings (SSSR count). The number of nitrogens with zero attached hydrogens (tertiary/aromatic N) is 2. The van der Waals surface area contributed by atoms with E-state index in [9.17, 15) is 9.18 Å². The molecule has 2 aliphatic heterocycles. The van der Waals surface area contributed by atoms with Gasteiger partial charge in [-0.15, -0.1) is 0 Å². The minimum absolute atomic E-state index is 0.0122. The first-order chi connectivity index (χ1) is 16.9. The monoisotopic (exact) mass is 505 g/mol. The SMILES string of the molecule is CNC1=C(C(=N)N2CCN(C(=O)[C@H](CNC3CCOCC3)c3ccc(Cl)c(F)c3)CC2)[C@H](C)CC1. The summed E-state index contributed by atoms with van der Waals surface area (Å²) < 4.78 is 19.7. The van der Waals surface area contributed by atoms with E-state index in [-0.39, 0.29) is 17.0 Å². The molecule has 9 heteroatoms. The Kier molecular flexibility index (Phi) is 8.68. The van der Waals surface area contributed by atoms with Gasteiger partial charge in [0.2, 0.25) is 5.91 Å². The Labute approximate surface area is 212 Å². The lowest BCUT2D eigenvalue weighted by molar-refractivity contribution is -0.134. The van der Waals surface area contributed by atoms with Gasteiger partial charge in [-0.05, 0) is 49.3 Å². The zero-order valence-electron chi connectivity index (χ0n) is 20.7. The number of ether oxygens (including phenoxy) is 1. The zero-order valence-corrected chi connectivity index (χ0v) is 21.5. The molecule has 2 fully saturated rings. The third kappa shape index (κ3) is 5.98. The fourth-order valence-corrected chi connectivity index (χ4v) is 5.50. The van der Waals surface area contributed by atoms with Crippen molar-refractivity contribution in [3.8, 4) is 0 Å². The maximum Gasteiger partial charge on any atom is 0.231 e. The Balaban J connectivity index is 1.43. The number of halogens is 2. The summed E-state index contributed by atoms with van der Waals surface area (Å²) in [6.07, 6.45) is 3.85. The van der Waals surface area contributed by atoms with Crippen LogP contribution in [0.15, 0.2) is 29.5 Å². The Morgan fingerprint density at radius 1 is 1.20 bits per heavy atom. The lowest BCUT2D eigenvalue weighted by Crippen LogP contribution is -2.53. The van der Waals surface area contributed by atoms with Gasteiger partial charge in [0.05, 0.1) is 10.9 Å². The van der Waals surface area contributed by atoms with Crippen molar-refractivity contribution in [2.45, 2.75) is 44.6 Å². The Morgan fingerprint density at radius 2 is 1.89 bits per heavy atom. The number of carbonyl (C=O) groups excluding carboxylic acids is 1. The van der Waals surface area contributed by atoms with Crippen LogP contribution < -0.4 is 10.6 Å². The lowest BCUT2D eigenvalue weighted by Gasteiger charge is -2.38. The minimum atomic E-state index is -0.509. The average molecular weight is 506 g/mol. The van der Waals surface area contributed by atoms with Crippen molar-refractivity contribution in [2.75, 3.05) is 53.0 Å². The van der Waals surface area contributed by atoms with Gasteiger partial charge < -0.3 is 25.2 Å².